The molecule has 2 aromatic rings. The second-order valence-electron chi connectivity index (χ2n) is 5.24. The number of ether oxygens (including phenoxy) is 1. The highest BCUT2D eigenvalue weighted by Crippen LogP contribution is 2.36. The van der Waals surface area contributed by atoms with E-state index < -0.39 is 5.97 Å². The van der Waals surface area contributed by atoms with Crippen molar-refractivity contribution >= 4 is 11.5 Å². The van der Waals surface area contributed by atoms with Crippen LogP contribution in [0.3, 0.4) is 0 Å². The zero-order chi connectivity index (χ0) is 15.5. The monoisotopic (exact) mass is 294 g/mol. The Labute approximate surface area is 129 Å². The molecule has 1 aliphatic rings. The molecule has 0 atom stereocenters. The van der Waals surface area contributed by atoms with Crippen molar-refractivity contribution in [2.45, 2.75) is 19.8 Å². The third-order valence-electron chi connectivity index (χ3n) is 3.91. The first kappa shape index (κ1) is 14.4. The van der Waals surface area contributed by atoms with E-state index in [0.717, 1.165) is 28.7 Å². The summed E-state index contributed by atoms with van der Waals surface area (Å²) >= 11 is 0. The fourth-order valence-electron chi connectivity index (χ4n) is 2.93. The van der Waals surface area contributed by atoms with Gasteiger partial charge in [0.2, 0.25) is 0 Å². The summed E-state index contributed by atoms with van der Waals surface area (Å²) in [5, 5.41) is 10.2. The molecule has 1 aliphatic carbocycles. The Morgan fingerprint density at radius 3 is 2.50 bits per heavy atom. The zero-order valence-electron chi connectivity index (χ0n) is 12.5. The van der Waals surface area contributed by atoms with Crippen LogP contribution < -0.4 is 0 Å². The van der Waals surface area contributed by atoms with Crippen LogP contribution >= 0.6 is 0 Å². The third-order valence-corrected chi connectivity index (χ3v) is 3.91. The van der Waals surface area contributed by atoms with Gasteiger partial charge in [-0.15, -0.1) is 0 Å². The topological polar surface area (TPSA) is 46.5 Å². The maximum absolute atomic E-state index is 12.2. The van der Waals surface area contributed by atoms with Gasteiger partial charge in [-0.1, -0.05) is 48.5 Å². The molecular formula is C19H18O3. The maximum atomic E-state index is 12.2. The number of hydrogen-bond acceptors (Lipinski definition) is 3. The van der Waals surface area contributed by atoms with E-state index in [1.165, 1.54) is 0 Å². The number of hydrogen-bond donors (Lipinski definition) is 1. The summed E-state index contributed by atoms with van der Waals surface area (Å²) < 4.78 is 5.10. The van der Waals surface area contributed by atoms with E-state index in [1.54, 1.807) is 6.92 Å². The van der Waals surface area contributed by atoms with E-state index in [-0.39, 0.29) is 5.76 Å². The highest BCUT2D eigenvalue weighted by atomic mass is 16.5. The molecule has 3 nitrogen and oxygen atoms in total. The van der Waals surface area contributed by atoms with Gasteiger partial charge in [-0.25, -0.2) is 4.79 Å². The molecule has 0 unspecified atom stereocenters. The van der Waals surface area contributed by atoms with Gasteiger partial charge >= 0.3 is 5.97 Å². The van der Waals surface area contributed by atoms with Crippen LogP contribution in [0.2, 0.25) is 0 Å². The molecule has 0 radical (unpaired) electrons. The number of esters is 1. The highest BCUT2D eigenvalue weighted by molar-refractivity contribution is 6.18. The summed E-state index contributed by atoms with van der Waals surface area (Å²) in [4.78, 5) is 12.2. The van der Waals surface area contributed by atoms with Crippen LogP contribution in [0.15, 0.2) is 54.3 Å². The molecule has 0 heterocycles. The van der Waals surface area contributed by atoms with Crippen LogP contribution in [0.25, 0.3) is 16.7 Å². The van der Waals surface area contributed by atoms with Crippen molar-refractivity contribution in [3.05, 3.63) is 65.4 Å². The zero-order valence-corrected chi connectivity index (χ0v) is 12.5. The second kappa shape index (κ2) is 6.06. The van der Waals surface area contributed by atoms with E-state index >= 15 is 0 Å². The number of benzene rings is 2. The molecule has 0 saturated heterocycles. The van der Waals surface area contributed by atoms with Gasteiger partial charge in [0.1, 0.15) is 11.3 Å². The molecule has 22 heavy (non-hydrogen) atoms. The maximum Gasteiger partial charge on any atom is 0.342 e. The van der Waals surface area contributed by atoms with Crippen LogP contribution in [0.4, 0.5) is 0 Å². The number of aliphatic hydroxyl groups is 1. The Morgan fingerprint density at radius 1 is 1.05 bits per heavy atom. The van der Waals surface area contributed by atoms with Gasteiger partial charge in [0, 0.05) is 6.42 Å². The fourth-order valence-corrected chi connectivity index (χ4v) is 2.93. The van der Waals surface area contributed by atoms with Crippen molar-refractivity contribution in [2.75, 3.05) is 6.61 Å². The summed E-state index contributed by atoms with van der Waals surface area (Å²) in [5.74, 6) is -0.331. The van der Waals surface area contributed by atoms with E-state index in [4.69, 9.17) is 4.74 Å². The number of allylic oxidation sites excluding steroid dienone is 1. The minimum atomic E-state index is -0.453. The van der Waals surface area contributed by atoms with Crippen LogP contribution in [0.1, 0.15) is 24.5 Å². The van der Waals surface area contributed by atoms with Gasteiger partial charge in [-0.05, 0) is 35.6 Å². The Kier molecular flexibility index (Phi) is 3.96. The Bertz CT molecular complexity index is 730. The summed E-state index contributed by atoms with van der Waals surface area (Å²) in [5.41, 5.74) is 4.40. The lowest BCUT2D eigenvalue weighted by Crippen LogP contribution is -2.15. The normalized spacial score (nSPS) is 13.7. The van der Waals surface area contributed by atoms with E-state index in [0.29, 0.717) is 18.6 Å². The van der Waals surface area contributed by atoms with Crippen molar-refractivity contribution in [1.29, 1.82) is 0 Å². The van der Waals surface area contributed by atoms with Crippen molar-refractivity contribution < 1.29 is 14.6 Å². The minimum absolute atomic E-state index is 0.121. The van der Waals surface area contributed by atoms with Crippen molar-refractivity contribution in [3.63, 3.8) is 0 Å². The number of rotatable bonds is 3. The molecule has 112 valence electrons. The number of aliphatic hydroxyl groups excluding tert-OH is 1. The quantitative estimate of drug-likeness (QED) is 0.866. The molecule has 0 saturated carbocycles. The average molecular weight is 294 g/mol. The molecule has 0 spiro atoms. The highest BCUT2D eigenvalue weighted by Gasteiger charge is 2.27. The molecule has 3 heteroatoms. The van der Waals surface area contributed by atoms with Gasteiger partial charge in [0.25, 0.3) is 0 Å². The Morgan fingerprint density at radius 2 is 1.77 bits per heavy atom. The van der Waals surface area contributed by atoms with Gasteiger partial charge in [0.05, 0.1) is 6.61 Å². The summed E-state index contributed by atoms with van der Waals surface area (Å²) in [7, 11) is 0. The molecule has 1 N–H and O–H groups in total. The first-order valence-electron chi connectivity index (χ1n) is 7.49. The van der Waals surface area contributed by atoms with Crippen molar-refractivity contribution in [1.82, 2.24) is 0 Å². The Balaban J connectivity index is 2.13. The molecule has 2 aromatic carbocycles. The largest absolute Gasteiger partial charge is 0.511 e. The number of carbonyl (C=O) groups is 1. The van der Waals surface area contributed by atoms with Gasteiger partial charge < -0.3 is 9.84 Å². The van der Waals surface area contributed by atoms with E-state index in [1.807, 2.05) is 30.3 Å². The molecule has 0 amide bonds. The van der Waals surface area contributed by atoms with E-state index in [9.17, 15) is 9.90 Å². The van der Waals surface area contributed by atoms with E-state index in [2.05, 4.69) is 18.2 Å². The number of fused-ring (bicyclic) bond motifs is 1. The minimum Gasteiger partial charge on any atom is -0.511 e. The molecule has 0 aliphatic heterocycles. The summed E-state index contributed by atoms with van der Waals surface area (Å²) in [6.45, 7) is 2.06. The molecule has 0 aromatic heterocycles. The van der Waals surface area contributed by atoms with Crippen LogP contribution in [-0.2, 0) is 16.0 Å². The van der Waals surface area contributed by atoms with Crippen LogP contribution in [-0.4, -0.2) is 17.7 Å². The summed E-state index contributed by atoms with van der Waals surface area (Å²) in [6, 6.07) is 15.9. The van der Waals surface area contributed by atoms with Gasteiger partial charge in [-0.3, -0.25) is 0 Å². The molecule has 0 bridgehead atoms. The van der Waals surface area contributed by atoms with Gasteiger partial charge in [0.15, 0.2) is 0 Å². The molecule has 0 fully saturated rings. The molecular weight excluding hydrogens is 276 g/mol. The fraction of sp³-hybridized carbons (Fsp3) is 0.211. The first-order chi connectivity index (χ1) is 10.7. The average Bonchev–Trinajstić information content (AvgIpc) is 2.55. The Hall–Kier alpha value is -2.55. The first-order valence-corrected chi connectivity index (χ1v) is 7.49. The van der Waals surface area contributed by atoms with Crippen molar-refractivity contribution in [3.8, 4) is 11.1 Å². The van der Waals surface area contributed by atoms with Crippen LogP contribution in [0.5, 0.6) is 0 Å². The smallest absolute Gasteiger partial charge is 0.342 e. The number of carbonyl (C=O) groups excluding carboxylic acids is 1. The van der Waals surface area contributed by atoms with Crippen molar-refractivity contribution in [2.24, 2.45) is 0 Å². The standard InChI is InChI=1S/C19H18O3/c1-2-22-19(21)18-16-10-6-9-14(13-7-4-3-5-8-13)15(16)11-12-17(18)20/h3-10,20H,2,11-12H2,1H3. The van der Waals surface area contributed by atoms with Crippen LogP contribution in [0, 0.1) is 0 Å². The summed E-state index contributed by atoms with van der Waals surface area (Å²) in [6.07, 6.45) is 1.18. The lowest BCUT2D eigenvalue weighted by atomic mass is 9.84. The molecule has 3 rings (SSSR count). The lowest BCUT2D eigenvalue weighted by Gasteiger charge is -2.22. The van der Waals surface area contributed by atoms with Gasteiger partial charge in [-0.2, -0.15) is 0 Å². The predicted molar refractivity (Wildman–Crippen MR) is 86.4 cm³/mol. The lowest BCUT2D eigenvalue weighted by molar-refractivity contribution is -0.136. The predicted octanol–water partition coefficient (Wildman–Crippen LogP) is 4.13. The SMILES string of the molecule is CCOC(=O)C1=C(O)CCc2c1cccc2-c1ccccc1. The second-order valence-corrected chi connectivity index (χ2v) is 5.24. The third kappa shape index (κ3) is 2.50.